The molecule has 1 aliphatic heterocycles. The Balaban J connectivity index is 2.95. The van der Waals surface area contributed by atoms with Crippen LogP contribution < -0.4 is 0 Å². The minimum absolute atomic E-state index is 0.0482. The highest BCUT2D eigenvalue weighted by atomic mass is 16.4. The second-order valence-corrected chi connectivity index (χ2v) is 10.4. The van der Waals surface area contributed by atoms with Crippen LogP contribution in [0.25, 0.3) is 0 Å². The van der Waals surface area contributed by atoms with Crippen LogP contribution in [-0.2, 0) is 28.8 Å². The van der Waals surface area contributed by atoms with Crippen LogP contribution in [-0.4, -0.2) is 186 Å². The fourth-order valence-electron chi connectivity index (χ4n) is 4.01. The number of ketones is 1. The van der Waals surface area contributed by atoms with Crippen LogP contribution in [0.1, 0.15) is 13.8 Å². The lowest BCUT2D eigenvalue weighted by molar-refractivity contribution is -0.141. The van der Waals surface area contributed by atoms with Crippen molar-refractivity contribution >= 4 is 35.5 Å². The van der Waals surface area contributed by atoms with Crippen molar-refractivity contribution in [3.8, 4) is 0 Å². The number of carbonyl (C=O) groups excluding carboxylic acids is 3. The minimum Gasteiger partial charge on any atom is -0.480 e. The van der Waals surface area contributed by atoms with Crippen molar-refractivity contribution in [2.45, 2.75) is 13.8 Å². The summed E-state index contributed by atoms with van der Waals surface area (Å²) in [5.41, 5.74) is 0. The zero-order valence-electron chi connectivity index (χ0n) is 24.0. The van der Waals surface area contributed by atoms with Gasteiger partial charge in [-0.05, 0) is 0 Å². The SMILES string of the molecule is CC(C)C(=O)CN(C)C(=O)CN(C)C(=O)CN1CCN(CC(=O)O)CCN(CC(=O)O)CCN(CC(=O)O)CC1. The van der Waals surface area contributed by atoms with Gasteiger partial charge >= 0.3 is 17.9 Å². The van der Waals surface area contributed by atoms with Gasteiger partial charge in [0.1, 0.15) is 0 Å². The summed E-state index contributed by atoms with van der Waals surface area (Å²) in [5, 5.41) is 27.9. The molecule has 3 N–H and O–H groups in total. The monoisotopic (exact) mass is 572 g/mol. The first kappa shape index (κ1) is 34.9. The molecule has 40 heavy (non-hydrogen) atoms. The normalized spacial score (nSPS) is 17.0. The maximum absolute atomic E-state index is 13.0. The minimum atomic E-state index is -1.04. The quantitative estimate of drug-likeness (QED) is 0.213. The van der Waals surface area contributed by atoms with Crippen molar-refractivity contribution in [2.24, 2.45) is 5.92 Å². The van der Waals surface area contributed by atoms with E-state index in [0.29, 0.717) is 13.1 Å². The fourth-order valence-corrected chi connectivity index (χ4v) is 4.01. The number of aliphatic carboxylic acids is 3. The van der Waals surface area contributed by atoms with E-state index in [1.807, 2.05) is 0 Å². The Kier molecular flexibility index (Phi) is 15.3. The molecule has 228 valence electrons. The molecule has 15 nitrogen and oxygen atoms in total. The predicted octanol–water partition coefficient (Wildman–Crippen LogP) is -2.40. The van der Waals surface area contributed by atoms with E-state index in [1.165, 1.54) is 23.9 Å². The van der Waals surface area contributed by atoms with Gasteiger partial charge in [-0.25, -0.2) is 0 Å². The van der Waals surface area contributed by atoms with Crippen molar-refractivity contribution in [2.75, 3.05) is 106 Å². The van der Waals surface area contributed by atoms with Gasteiger partial charge in [0.2, 0.25) is 11.8 Å². The third kappa shape index (κ3) is 14.3. The molecule has 15 heteroatoms. The molecule has 0 aliphatic carbocycles. The average Bonchev–Trinajstić information content (AvgIpc) is 2.84. The van der Waals surface area contributed by atoms with E-state index in [9.17, 15) is 44.1 Å². The second kappa shape index (κ2) is 17.5. The Hall–Kier alpha value is -3.14. The summed E-state index contributed by atoms with van der Waals surface area (Å²) in [6.45, 7) is 4.62. The Morgan fingerprint density at radius 3 is 1.15 bits per heavy atom. The molecule has 0 aromatic heterocycles. The average molecular weight is 573 g/mol. The van der Waals surface area contributed by atoms with Gasteiger partial charge in [0.05, 0.1) is 39.3 Å². The number of nitrogens with zero attached hydrogens (tertiary/aromatic N) is 6. The molecule has 1 saturated heterocycles. The summed E-state index contributed by atoms with van der Waals surface area (Å²) < 4.78 is 0. The molecular weight excluding hydrogens is 528 g/mol. The van der Waals surface area contributed by atoms with E-state index in [2.05, 4.69) is 0 Å². The number of likely N-dealkylation sites (N-methyl/N-ethyl adjacent to an activating group) is 2. The summed E-state index contributed by atoms with van der Waals surface area (Å²) in [5.74, 6) is -4.16. The summed E-state index contributed by atoms with van der Waals surface area (Å²) >= 11 is 0. The van der Waals surface area contributed by atoms with Crippen molar-refractivity contribution in [3.63, 3.8) is 0 Å². The smallest absolute Gasteiger partial charge is 0.317 e. The third-order valence-corrected chi connectivity index (χ3v) is 6.63. The molecule has 0 spiro atoms. The Bertz CT molecular complexity index is 868. The Labute approximate surface area is 234 Å². The molecule has 0 radical (unpaired) electrons. The molecule has 0 aromatic carbocycles. The lowest BCUT2D eigenvalue weighted by Crippen LogP contribution is -2.50. The van der Waals surface area contributed by atoms with E-state index in [0.717, 1.165) is 0 Å². The fraction of sp³-hybridized carbons (Fsp3) is 0.760. The van der Waals surface area contributed by atoms with Gasteiger partial charge in [-0.3, -0.25) is 48.4 Å². The highest BCUT2D eigenvalue weighted by molar-refractivity contribution is 5.89. The number of hydrogen-bond donors (Lipinski definition) is 3. The van der Waals surface area contributed by atoms with Crippen molar-refractivity contribution in [1.29, 1.82) is 0 Å². The van der Waals surface area contributed by atoms with Gasteiger partial charge in [0.15, 0.2) is 5.78 Å². The van der Waals surface area contributed by atoms with E-state index in [1.54, 1.807) is 33.4 Å². The van der Waals surface area contributed by atoms with E-state index in [4.69, 9.17) is 0 Å². The molecule has 0 aromatic rings. The number of carboxylic acids is 3. The Morgan fingerprint density at radius 2 is 0.850 bits per heavy atom. The standard InChI is InChI=1S/C25H44N6O9/c1-19(2)20(32)13-26(3)21(33)14-27(4)22(34)15-28-5-7-29(16-23(35)36)9-11-31(18-25(39)40)12-10-30(8-6-28)17-24(37)38/h19H,5-18H2,1-4H3,(H,35,36)(H,37,38)(H,39,40). The van der Waals surface area contributed by atoms with Crippen LogP contribution in [0.3, 0.4) is 0 Å². The summed E-state index contributed by atoms with van der Waals surface area (Å²) in [4.78, 5) is 81.0. The zero-order chi connectivity index (χ0) is 30.4. The van der Waals surface area contributed by atoms with E-state index < -0.39 is 17.9 Å². The van der Waals surface area contributed by atoms with Gasteiger partial charge in [-0.2, -0.15) is 0 Å². The van der Waals surface area contributed by atoms with Crippen LogP contribution in [0.2, 0.25) is 0 Å². The lowest BCUT2D eigenvalue weighted by atomic mass is 10.1. The van der Waals surface area contributed by atoms with Crippen LogP contribution >= 0.6 is 0 Å². The molecule has 2 amide bonds. The topological polar surface area (TPSA) is 183 Å². The van der Waals surface area contributed by atoms with Gasteiger partial charge in [-0.15, -0.1) is 0 Å². The van der Waals surface area contributed by atoms with Crippen LogP contribution in [0, 0.1) is 5.92 Å². The molecule has 1 rings (SSSR count). The number of amides is 2. The first-order valence-electron chi connectivity index (χ1n) is 13.2. The largest absolute Gasteiger partial charge is 0.480 e. The highest BCUT2D eigenvalue weighted by Crippen LogP contribution is 2.03. The number of Topliss-reactive ketones (excluding diaryl/α,β-unsaturated/α-hetero) is 1. The molecule has 1 aliphatic rings. The number of carbonyl (C=O) groups is 6. The molecule has 0 unspecified atom stereocenters. The maximum Gasteiger partial charge on any atom is 0.317 e. The van der Waals surface area contributed by atoms with Crippen LogP contribution in [0.5, 0.6) is 0 Å². The van der Waals surface area contributed by atoms with Crippen molar-refractivity contribution in [1.82, 2.24) is 29.4 Å². The Morgan fingerprint density at radius 1 is 0.550 bits per heavy atom. The van der Waals surface area contributed by atoms with Crippen molar-refractivity contribution in [3.05, 3.63) is 0 Å². The molecule has 0 bridgehead atoms. The van der Waals surface area contributed by atoms with Gasteiger partial charge in [-0.1, -0.05) is 13.8 Å². The lowest BCUT2D eigenvalue weighted by Gasteiger charge is -2.33. The van der Waals surface area contributed by atoms with Crippen molar-refractivity contribution < 1.29 is 44.1 Å². The third-order valence-electron chi connectivity index (χ3n) is 6.63. The molecule has 1 fully saturated rings. The predicted molar refractivity (Wildman–Crippen MR) is 144 cm³/mol. The summed E-state index contributed by atoms with van der Waals surface area (Å²) in [7, 11) is 2.99. The molecule has 0 saturated carbocycles. The van der Waals surface area contributed by atoms with Crippen LogP contribution in [0.15, 0.2) is 0 Å². The van der Waals surface area contributed by atoms with Gasteiger partial charge in [0, 0.05) is 72.4 Å². The number of carboxylic acid groups (broad SMARTS) is 3. The first-order valence-corrected chi connectivity index (χ1v) is 13.2. The van der Waals surface area contributed by atoms with E-state index in [-0.39, 0.29) is 102 Å². The summed E-state index contributed by atoms with van der Waals surface area (Å²) in [6, 6.07) is 0. The van der Waals surface area contributed by atoms with Gasteiger partial charge < -0.3 is 25.1 Å². The zero-order valence-corrected chi connectivity index (χ0v) is 24.0. The molecule has 1 heterocycles. The maximum atomic E-state index is 13.0. The van der Waals surface area contributed by atoms with Crippen LogP contribution in [0.4, 0.5) is 0 Å². The molecule has 0 atom stereocenters. The second-order valence-electron chi connectivity index (χ2n) is 10.4. The molecular formula is C25H44N6O9. The number of hydrogen-bond acceptors (Lipinski definition) is 10. The van der Waals surface area contributed by atoms with Gasteiger partial charge in [0.25, 0.3) is 0 Å². The van der Waals surface area contributed by atoms with E-state index >= 15 is 0 Å². The highest BCUT2D eigenvalue weighted by Gasteiger charge is 2.23. The first-order chi connectivity index (χ1) is 18.7. The summed E-state index contributed by atoms with van der Waals surface area (Å²) in [6.07, 6.45) is 0. The number of rotatable bonds is 13.